The minimum atomic E-state index is -0.495. The van der Waals surface area contributed by atoms with Gasteiger partial charge in [-0.05, 0) is 30.7 Å². The van der Waals surface area contributed by atoms with E-state index in [-0.39, 0.29) is 5.91 Å². The van der Waals surface area contributed by atoms with Crippen molar-refractivity contribution in [2.24, 2.45) is 0 Å². The Bertz CT molecular complexity index is 867. The highest BCUT2D eigenvalue weighted by molar-refractivity contribution is 5.85. The Kier molecular flexibility index (Phi) is 4.14. The quantitative estimate of drug-likeness (QED) is 0.674. The predicted molar refractivity (Wildman–Crippen MR) is 88.2 cm³/mol. The van der Waals surface area contributed by atoms with E-state index in [1.165, 1.54) is 0 Å². The minimum Gasteiger partial charge on any atom is -0.408 e. The number of anilines is 1. The van der Waals surface area contributed by atoms with Gasteiger partial charge in [0.05, 0.1) is 5.52 Å². The van der Waals surface area contributed by atoms with Gasteiger partial charge >= 0.3 is 5.76 Å². The Hall–Kier alpha value is -3.02. The van der Waals surface area contributed by atoms with Crippen molar-refractivity contribution >= 4 is 22.7 Å². The van der Waals surface area contributed by atoms with Gasteiger partial charge in [-0.15, -0.1) is 0 Å². The van der Waals surface area contributed by atoms with Crippen LogP contribution in [0.15, 0.2) is 57.7 Å². The van der Waals surface area contributed by atoms with Crippen molar-refractivity contribution in [3.8, 4) is 0 Å². The van der Waals surface area contributed by atoms with Gasteiger partial charge in [-0.25, -0.2) is 4.79 Å². The maximum atomic E-state index is 12.1. The van der Waals surface area contributed by atoms with E-state index in [2.05, 4.69) is 15.6 Å². The van der Waals surface area contributed by atoms with E-state index in [0.717, 1.165) is 11.3 Å². The van der Waals surface area contributed by atoms with Crippen molar-refractivity contribution in [2.75, 3.05) is 5.32 Å². The van der Waals surface area contributed by atoms with Crippen LogP contribution in [0, 0.1) is 0 Å². The van der Waals surface area contributed by atoms with Gasteiger partial charge in [0.15, 0.2) is 5.58 Å². The maximum Gasteiger partial charge on any atom is 0.417 e. The second kappa shape index (κ2) is 6.39. The van der Waals surface area contributed by atoms with Crippen molar-refractivity contribution in [2.45, 2.75) is 19.5 Å². The SMILES string of the molecule is CC(Nc1ccc2oc(=O)[nH]c2c1)C(=O)NCc1ccccc1. The molecule has 0 fully saturated rings. The normalized spacial score (nSPS) is 12.0. The third kappa shape index (κ3) is 3.60. The fourth-order valence-electron chi connectivity index (χ4n) is 2.30. The number of hydrogen-bond donors (Lipinski definition) is 3. The minimum absolute atomic E-state index is 0.102. The fourth-order valence-corrected chi connectivity index (χ4v) is 2.30. The summed E-state index contributed by atoms with van der Waals surface area (Å²) >= 11 is 0. The van der Waals surface area contributed by atoms with Crippen LogP contribution in [0.4, 0.5) is 5.69 Å². The number of amides is 1. The Morgan fingerprint density at radius 2 is 2.00 bits per heavy atom. The number of carbonyl (C=O) groups excluding carboxylic acids is 1. The third-order valence-electron chi connectivity index (χ3n) is 3.50. The first-order chi connectivity index (χ1) is 11.1. The van der Waals surface area contributed by atoms with Gasteiger partial charge in [-0.3, -0.25) is 9.78 Å². The molecule has 118 valence electrons. The lowest BCUT2D eigenvalue weighted by molar-refractivity contribution is -0.121. The Morgan fingerprint density at radius 1 is 1.22 bits per heavy atom. The Morgan fingerprint density at radius 3 is 2.78 bits per heavy atom. The van der Waals surface area contributed by atoms with Crippen LogP contribution in [0.5, 0.6) is 0 Å². The summed E-state index contributed by atoms with van der Waals surface area (Å²) in [5.74, 6) is -0.597. The van der Waals surface area contributed by atoms with E-state index in [1.807, 2.05) is 30.3 Å². The van der Waals surface area contributed by atoms with E-state index in [0.29, 0.717) is 17.6 Å². The van der Waals surface area contributed by atoms with Crippen molar-refractivity contribution in [3.63, 3.8) is 0 Å². The summed E-state index contributed by atoms with van der Waals surface area (Å²) in [7, 11) is 0. The van der Waals surface area contributed by atoms with Gasteiger partial charge in [0, 0.05) is 12.2 Å². The van der Waals surface area contributed by atoms with Gasteiger partial charge in [-0.2, -0.15) is 0 Å². The molecule has 0 radical (unpaired) electrons. The summed E-state index contributed by atoms with van der Waals surface area (Å²) in [6, 6.07) is 14.5. The number of carbonyl (C=O) groups is 1. The predicted octanol–water partition coefficient (Wildman–Crippen LogP) is 2.24. The third-order valence-corrected chi connectivity index (χ3v) is 3.50. The molecule has 0 aliphatic rings. The molecule has 6 heteroatoms. The van der Waals surface area contributed by atoms with Crippen molar-refractivity contribution < 1.29 is 9.21 Å². The van der Waals surface area contributed by atoms with Gasteiger partial charge in [0.2, 0.25) is 5.91 Å². The number of rotatable bonds is 5. The average Bonchev–Trinajstić information content (AvgIpc) is 2.92. The summed E-state index contributed by atoms with van der Waals surface area (Å²) in [6.07, 6.45) is 0. The molecule has 0 saturated heterocycles. The summed E-state index contributed by atoms with van der Waals surface area (Å²) in [5.41, 5.74) is 2.86. The number of fused-ring (bicyclic) bond motifs is 1. The average molecular weight is 311 g/mol. The van der Waals surface area contributed by atoms with Crippen molar-refractivity contribution in [3.05, 3.63) is 64.6 Å². The molecule has 3 aromatic rings. The summed E-state index contributed by atoms with van der Waals surface area (Å²) in [6.45, 7) is 2.27. The van der Waals surface area contributed by atoms with Crippen LogP contribution in [0.3, 0.4) is 0 Å². The standard InChI is InChI=1S/C17H17N3O3/c1-11(16(21)18-10-12-5-3-2-4-6-12)19-13-7-8-15-14(9-13)20-17(22)23-15/h2-9,11,19H,10H2,1H3,(H,18,21)(H,20,22). The molecule has 3 rings (SSSR count). The molecular weight excluding hydrogens is 294 g/mol. The molecule has 2 aromatic carbocycles. The maximum absolute atomic E-state index is 12.1. The molecule has 1 heterocycles. The topological polar surface area (TPSA) is 87.1 Å². The molecule has 23 heavy (non-hydrogen) atoms. The van der Waals surface area contributed by atoms with Crippen LogP contribution < -0.4 is 16.4 Å². The summed E-state index contributed by atoms with van der Waals surface area (Å²) in [5, 5.41) is 5.99. The molecule has 1 unspecified atom stereocenters. The molecule has 1 aromatic heterocycles. The van der Waals surface area contributed by atoms with Crippen LogP contribution >= 0.6 is 0 Å². The molecule has 3 N–H and O–H groups in total. The monoisotopic (exact) mass is 311 g/mol. The highest BCUT2D eigenvalue weighted by Gasteiger charge is 2.12. The van der Waals surface area contributed by atoms with Gasteiger partial charge in [0.1, 0.15) is 6.04 Å². The number of oxazole rings is 1. The van der Waals surface area contributed by atoms with Crippen LogP contribution in [0.1, 0.15) is 12.5 Å². The van der Waals surface area contributed by atoms with E-state index in [4.69, 9.17) is 4.42 Å². The number of hydrogen-bond acceptors (Lipinski definition) is 4. The fraction of sp³-hybridized carbons (Fsp3) is 0.176. The number of aromatic amines is 1. The highest BCUT2D eigenvalue weighted by atomic mass is 16.4. The van der Waals surface area contributed by atoms with Crippen molar-refractivity contribution in [1.82, 2.24) is 10.3 Å². The Labute approximate surface area is 132 Å². The first-order valence-corrected chi connectivity index (χ1v) is 7.33. The smallest absolute Gasteiger partial charge is 0.408 e. The molecule has 0 aliphatic heterocycles. The van der Waals surface area contributed by atoms with E-state index in [9.17, 15) is 9.59 Å². The van der Waals surface area contributed by atoms with E-state index in [1.54, 1.807) is 25.1 Å². The van der Waals surface area contributed by atoms with Crippen molar-refractivity contribution in [1.29, 1.82) is 0 Å². The van der Waals surface area contributed by atoms with E-state index < -0.39 is 11.8 Å². The molecule has 0 spiro atoms. The molecule has 6 nitrogen and oxygen atoms in total. The second-order valence-corrected chi connectivity index (χ2v) is 5.29. The number of H-pyrrole nitrogens is 1. The zero-order chi connectivity index (χ0) is 16.2. The lowest BCUT2D eigenvalue weighted by Crippen LogP contribution is -2.37. The number of benzene rings is 2. The lowest BCUT2D eigenvalue weighted by atomic mass is 10.2. The van der Waals surface area contributed by atoms with Gasteiger partial charge in [-0.1, -0.05) is 30.3 Å². The zero-order valence-electron chi connectivity index (χ0n) is 12.6. The zero-order valence-corrected chi connectivity index (χ0v) is 12.6. The van der Waals surface area contributed by atoms with Crippen LogP contribution in [0.2, 0.25) is 0 Å². The van der Waals surface area contributed by atoms with Crippen LogP contribution in [-0.2, 0) is 11.3 Å². The first kappa shape index (κ1) is 14.9. The molecule has 1 atom stereocenters. The highest BCUT2D eigenvalue weighted by Crippen LogP contribution is 2.16. The molecule has 0 aliphatic carbocycles. The van der Waals surface area contributed by atoms with Gasteiger partial charge in [0.25, 0.3) is 0 Å². The largest absolute Gasteiger partial charge is 0.417 e. The second-order valence-electron chi connectivity index (χ2n) is 5.29. The molecule has 0 saturated carbocycles. The molecular formula is C17H17N3O3. The lowest BCUT2D eigenvalue weighted by Gasteiger charge is -2.15. The Balaban J connectivity index is 1.61. The first-order valence-electron chi connectivity index (χ1n) is 7.33. The molecule has 0 bridgehead atoms. The van der Waals surface area contributed by atoms with Crippen LogP contribution in [0.25, 0.3) is 11.1 Å². The van der Waals surface area contributed by atoms with Gasteiger partial charge < -0.3 is 15.1 Å². The number of nitrogens with one attached hydrogen (secondary N) is 3. The summed E-state index contributed by atoms with van der Waals surface area (Å²) in [4.78, 5) is 25.9. The number of aromatic nitrogens is 1. The molecule has 1 amide bonds. The van der Waals surface area contributed by atoms with Crippen LogP contribution in [-0.4, -0.2) is 16.9 Å². The van der Waals surface area contributed by atoms with E-state index >= 15 is 0 Å². The summed E-state index contributed by atoms with van der Waals surface area (Å²) < 4.78 is 4.94.